The molecule has 1 N–H and O–H groups in total. The molecule has 0 radical (unpaired) electrons. The van der Waals surface area contributed by atoms with Crippen LogP contribution >= 0.6 is 0 Å². The van der Waals surface area contributed by atoms with Crippen molar-refractivity contribution in [2.24, 2.45) is 0 Å². The predicted molar refractivity (Wildman–Crippen MR) is 93.3 cm³/mol. The van der Waals surface area contributed by atoms with Gasteiger partial charge in [-0.2, -0.15) is 5.10 Å². The van der Waals surface area contributed by atoms with Crippen molar-refractivity contribution in [1.82, 2.24) is 20.1 Å². The number of nitrogens with zero attached hydrogens (tertiary/aromatic N) is 3. The van der Waals surface area contributed by atoms with Crippen LogP contribution in [0.4, 0.5) is 0 Å². The lowest BCUT2D eigenvalue weighted by atomic mass is 10.2. The Balaban J connectivity index is 1.54. The summed E-state index contributed by atoms with van der Waals surface area (Å²) in [6.45, 7) is 7.18. The second-order valence-corrected chi connectivity index (χ2v) is 7.83. The maximum atomic E-state index is 12.3. The Morgan fingerprint density at radius 2 is 2.17 bits per heavy atom. The Bertz CT molecular complexity index is 674. The zero-order valence-electron chi connectivity index (χ0n) is 14.1. The molecule has 1 aromatic heterocycles. The van der Waals surface area contributed by atoms with Crippen LogP contribution in [0.15, 0.2) is 35.2 Å². The highest BCUT2D eigenvalue weighted by Gasteiger charge is 2.25. The van der Waals surface area contributed by atoms with Crippen molar-refractivity contribution >= 4 is 10.8 Å². The first-order chi connectivity index (χ1) is 11.6. The lowest BCUT2D eigenvalue weighted by Gasteiger charge is -2.31. The Kier molecular flexibility index (Phi) is 5.76. The number of ether oxygens (including phenoxy) is 1. The van der Waals surface area contributed by atoms with Crippen LogP contribution in [0.5, 0.6) is 0 Å². The van der Waals surface area contributed by atoms with E-state index >= 15 is 0 Å². The first-order valence-electron chi connectivity index (χ1n) is 8.33. The third-order valence-electron chi connectivity index (χ3n) is 4.09. The molecule has 2 heterocycles. The maximum absolute atomic E-state index is 12.3. The highest BCUT2D eigenvalue weighted by Crippen LogP contribution is 2.20. The fraction of sp³-hybridized carbons (Fsp3) is 0.529. The smallest absolute Gasteiger partial charge is 0.155 e. The fourth-order valence-corrected chi connectivity index (χ4v) is 3.78. The van der Waals surface area contributed by atoms with Crippen LogP contribution in [0.2, 0.25) is 0 Å². The van der Waals surface area contributed by atoms with Crippen molar-refractivity contribution in [3.63, 3.8) is 0 Å². The first kappa shape index (κ1) is 17.3. The molecule has 0 unspecified atom stereocenters. The molecule has 2 atom stereocenters. The average Bonchev–Trinajstić information content (AvgIpc) is 3.11. The fourth-order valence-electron chi connectivity index (χ4n) is 2.66. The molecular formula is C17H24N4O2S. The largest absolute Gasteiger partial charge is 0.368 e. The van der Waals surface area contributed by atoms with Gasteiger partial charge >= 0.3 is 0 Å². The van der Waals surface area contributed by atoms with E-state index in [4.69, 9.17) is 4.74 Å². The molecule has 7 heteroatoms. The van der Waals surface area contributed by atoms with Crippen molar-refractivity contribution in [2.75, 3.05) is 32.0 Å². The van der Waals surface area contributed by atoms with Gasteiger partial charge in [0.05, 0.1) is 17.4 Å². The molecule has 1 saturated heterocycles. The van der Waals surface area contributed by atoms with Gasteiger partial charge in [0.2, 0.25) is 0 Å². The van der Waals surface area contributed by atoms with E-state index in [0.717, 1.165) is 36.2 Å². The van der Waals surface area contributed by atoms with Gasteiger partial charge in [-0.1, -0.05) is 32.0 Å². The molecular weight excluding hydrogens is 324 g/mol. The van der Waals surface area contributed by atoms with Crippen molar-refractivity contribution in [3.05, 3.63) is 42.0 Å². The van der Waals surface area contributed by atoms with Gasteiger partial charge in [0.1, 0.15) is 6.10 Å². The van der Waals surface area contributed by atoms with Crippen molar-refractivity contribution in [3.8, 4) is 0 Å². The summed E-state index contributed by atoms with van der Waals surface area (Å²) in [6.07, 6.45) is -0.0936. The summed E-state index contributed by atoms with van der Waals surface area (Å²) >= 11 is 0. The molecule has 1 fully saturated rings. The standard InChI is InChI=1S/C17H24N4O2S/c1-13(2)16-18-17(20-19-16)15-12-21(8-10-23-15)9-11-24(22)14-6-4-3-5-7-14/h3-7,13,15H,8-12H2,1-2H3,(H,18,19,20)/t15-,24-/m1/s1. The Morgan fingerprint density at radius 1 is 1.38 bits per heavy atom. The monoisotopic (exact) mass is 348 g/mol. The van der Waals surface area contributed by atoms with Crippen LogP contribution in [-0.4, -0.2) is 56.3 Å². The van der Waals surface area contributed by atoms with Gasteiger partial charge < -0.3 is 4.74 Å². The van der Waals surface area contributed by atoms with Gasteiger partial charge in [0.15, 0.2) is 11.6 Å². The highest BCUT2D eigenvalue weighted by molar-refractivity contribution is 7.85. The van der Waals surface area contributed by atoms with Crippen molar-refractivity contribution in [2.45, 2.75) is 30.8 Å². The van der Waals surface area contributed by atoms with Crippen LogP contribution in [0, 0.1) is 0 Å². The summed E-state index contributed by atoms with van der Waals surface area (Å²) in [6, 6.07) is 9.62. The van der Waals surface area contributed by atoms with Crippen LogP contribution < -0.4 is 0 Å². The van der Waals surface area contributed by atoms with Crippen LogP contribution in [0.3, 0.4) is 0 Å². The lowest BCUT2D eigenvalue weighted by molar-refractivity contribution is -0.0321. The summed E-state index contributed by atoms with van der Waals surface area (Å²) in [4.78, 5) is 7.70. The van der Waals surface area contributed by atoms with Crippen LogP contribution in [0.1, 0.15) is 37.5 Å². The third kappa shape index (κ3) is 4.28. The molecule has 3 rings (SSSR count). The molecule has 1 aromatic carbocycles. The number of H-pyrrole nitrogens is 1. The highest BCUT2D eigenvalue weighted by atomic mass is 32.2. The average molecular weight is 348 g/mol. The summed E-state index contributed by atoms with van der Waals surface area (Å²) in [5.74, 6) is 2.52. The number of aromatic amines is 1. The van der Waals surface area contributed by atoms with Gasteiger partial charge in [-0.05, 0) is 12.1 Å². The van der Waals surface area contributed by atoms with Crippen molar-refractivity contribution < 1.29 is 8.95 Å². The minimum atomic E-state index is -0.961. The number of hydrogen-bond donors (Lipinski definition) is 1. The normalized spacial score (nSPS) is 20.4. The van der Waals surface area contributed by atoms with E-state index in [1.807, 2.05) is 30.3 Å². The van der Waals surface area contributed by atoms with Crippen molar-refractivity contribution in [1.29, 1.82) is 0 Å². The summed E-state index contributed by atoms with van der Waals surface area (Å²) in [7, 11) is -0.961. The summed E-state index contributed by atoms with van der Waals surface area (Å²) in [5.41, 5.74) is 0. The predicted octanol–water partition coefficient (Wildman–Crippen LogP) is 2.11. The number of rotatable bonds is 6. The van der Waals surface area contributed by atoms with Gasteiger partial charge in [-0.3, -0.25) is 14.2 Å². The zero-order chi connectivity index (χ0) is 16.9. The molecule has 24 heavy (non-hydrogen) atoms. The molecule has 1 aliphatic rings. The number of benzene rings is 1. The molecule has 0 saturated carbocycles. The third-order valence-corrected chi connectivity index (χ3v) is 5.44. The van der Waals surface area contributed by atoms with Gasteiger partial charge in [-0.25, -0.2) is 4.98 Å². The maximum Gasteiger partial charge on any atom is 0.155 e. The second kappa shape index (κ2) is 8.00. The molecule has 0 aliphatic carbocycles. The molecule has 0 bridgehead atoms. The number of nitrogens with one attached hydrogen (secondary N) is 1. The molecule has 0 amide bonds. The Labute approximate surface area is 145 Å². The first-order valence-corrected chi connectivity index (χ1v) is 9.65. The number of hydrogen-bond acceptors (Lipinski definition) is 5. The minimum absolute atomic E-state index is 0.0936. The van der Waals surface area contributed by atoms with E-state index in [1.165, 1.54) is 0 Å². The Hall–Kier alpha value is -1.57. The molecule has 6 nitrogen and oxygen atoms in total. The van der Waals surface area contributed by atoms with Gasteiger partial charge in [0.25, 0.3) is 0 Å². The molecule has 130 valence electrons. The van der Waals surface area contributed by atoms with E-state index in [1.54, 1.807) is 0 Å². The number of aromatic nitrogens is 3. The van der Waals surface area contributed by atoms with Gasteiger partial charge in [0, 0.05) is 36.2 Å². The topological polar surface area (TPSA) is 71.1 Å². The van der Waals surface area contributed by atoms with E-state index in [-0.39, 0.29) is 6.10 Å². The molecule has 2 aromatic rings. The van der Waals surface area contributed by atoms with E-state index < -0.39 is 10.8 Å². The van der Waals surface area contributed by atoms with Crippen LogP contribution in [0.25, 0.3) is 0 Å². The van der Waals surface area contributed by atoms with Crippen LogP contribution in [-0.2, 0) is 15.5 Å². The number of morpholine rings is 1. The van der Waals surface area contributed by atoms with E-state index in [0.29, 0.717) is 18.3 Å². The minimum Gasteiger partial charge on any atom is -0.368 e. The summed E-state index contributed by atoms with van der Waals surface area (Å²) < 4.78 is 18.2. The quantitative estimate of drug-likeness (QED) is 0.866. The summed E-state index contributed by atoms with van der Waals surface area (Å²) in [5, 5.41) is 7.24. The van der Waals surface area contributed by atoms with Gasteiger partial charge in [-0.15, -0.1) is 0 Å². The SMILES string of the molecule is CC(C)c1n[nH]c([C@H]2CN(CC[S@@](=O)c3ccccc3)CCO2)n1. The zero-order valence-corrected chi connectivity index (χ0v) is 15.0. The van der Waals surface area contributed by atoms with E-state index in [9.17, 15) is 4.21 Å². The lowest BCUT2D eigenvalue weighted by Crippen LogP contribution is -2.40. The second-order valence-electron chi connectivity index (χ2n) is 6.26. The Morgan fingerprint density at radius 3 is 2.88 bits per heavy atom. The van der Waals surface area contributed by atoms with E-state index in [2.05, 4.69) is 33.9 Å². The molecule has 0 spiro atoms. The molecule has 1 aliphatic heterocycles.